The van der Waals surface area contributed by atoms with Gasteiger partial charge in [0.15, 0.2) is 5.96 Å². The minimum atomic E-state index is -0.0284. The van der Waals surface area contributed by atoms with Gasteiger partial charge in [-0.2, -0.15) is 0 Å². The van der Waals surface area contributed by atoms with Crippen molar-refractivity contribution in [3.63, 3.8) is 0 Å². The zero-order chi connectivity index (χ0) is 17.2. The second kappa shape index (κ2) is 12.5. The quantitative estimate of drug-likeness (QED) is 0.251. The summed E-state index contributed by atoms with van der Waals surface area (Å²) in [5.41, 5.74) is 1.15. The van der Waals surface area contributed by atoms with E-state index < -0.39 is 0 Å². The van der Waals surface area contributed by atoms with Crippen LogP contribution in [0.4, 0.5) is 0 Å². The van der Waals surface area contributed by atoms with Crippen LogP contribution < -0.4 is 5.32 Å². The molecule has 0 aliphatic heterocycles. The fourth-order valence-electron chi connectivity index (χ4n) is 2.46. The Bertz CT molecular complexity index is 495. The Morgan fingerprint density at radius 1 is 1.32 bits per heavy atom. The normalized spacial score (nSPS) is 15.4. The van der Waals surface area contributed by atoms with Gasteiger partial charge in [-0.25, -0.2) is 0 Å². The SMILES string of the molecule is CCNC(=NCC(OC)c1ccccc1)N(C)CCOCC1CC1.I. The molecule has 0 heterocycles. The Balaban J connectivity index is 0.00000312. The van der Waals surface area contributed by atoms with Crippen molar-refractivity contribution in [2.45, 2.75) is 25.9 Å². The smallest absolute Gasteiger partial charge is 0.193 e. The van der Waals surface area contributed by atoms with Gasteiger partial charge in [-0.05, 0) is 31.2 Å². The molecule has 25 heavy (non-hydrogen) atoms. The molecule has 1 unspecified atom stereocenters. The van der Waals surface area contributed by atoms with Crippen molar-refractivity contribution in [3.8, 4) is 0 Å². The number of hydrogen-bond donors (Lipinski definition) is 1. The molecule has 1 aliphatic carbocycles. The van der Waals surface area contributed by atoms with Crippen molar-refractivity contribution in [1.82, 2.24) is 10.2 Å². The molecule has 0 spiro atoms. The van der Waals surface area contributed by atoms with Crippen LogP contribution in [0.15, 0.2) is 35.3 Å². The van der Waals surface area contributed by atoms with Gasteiger partial charge in [-0.15, -0.1) is 24.0 Å². The van der Waals surface area contributed by atoms with E-state index in [0.717, 1.165) is 43.7 Å². The zero-order valence-corrected chi connectivity index (χ0v) is 17.9. The first-order valence-electron chi connectivity index (χ1n) is 8.89. The lowest BCUT2D eigenvalue weighted by atomic mass is 10.1. The second-order valence-electron chi connectivity index (χ2n) is 6.27. The van der Waals surface area contributed by atoms with E-state index >= 15 is 0 Å². The van der Waals surface area contributed by atoms with Crippen LogP contribution in [0.3, 0.4) is 0 Å². The first-order valence-corrected chi connectivity index (χ1v) is 8.89. The number of ether oxygens (including phenoxy) is 2. The van der Waals surface area contributed by atoms with Gasteiger partial charge in [0.25, 0.3) is 0 Å². The van der Waals surface area contributed by atoms with Crippen LogP contribution in [0.2, 0.25) is 0 Å². The molecule has 0 radical (unpaired) electrons. The van der Waals surface area contributed by atoms with Gasteiger partial charge in [0, 0.05) is 33.9 Å². The van der Waals surface area contributed by atoms with Crippen molar-refractivity contribution in [2.75, 3.05) is 47.0 Å². The third-order valence-corrected chi connectivity index (χ3v) is 4.18. The number of guanidine groups is 1. The van der Waals surface area contributed by atoms with Gasteiger partial charge >= 0.3 is 0 Å². The van der Waals surface area contributed by atoms with Crippen LogP contribution in [0.1, 0.15) is 31.4 Å². The fraction of sp³-hybridized carbons (Fsp3) is 0.632. The lowest BCUT2D eigenvalue weighted by Crippen LogP contribution is -2.41. The van der Waals surface area contributed by atoms with Crippen molar-refractivity contribution >= 4 is 29.9 Å². The first-order chi connectivity index (χ1) is 11.7. The average Bonchev–Trinajstić information content (AvgIpc) is 3.43. The van der Waals surface area contributed by atoms with Gasteiger partial charge in [-0.1, -0.05) is 30.3 Å². The van der Waals surface area contributed by atoms with Crippen molar-refractivity contribution in [3.05, 3.63) is 35.9 Å². The fourth-order valence-corrected chi connectivity index (χ4v) is 2.46. The van der Waals surface area contributed by atoms with Crippen LogP contribution in [0.5, 0.6) is 0 Å². The Morgan fingerprint density at radius 2 is 2.04 bits per heavy atom. The predicted molar refractivity (Wildman–Crippen MR) is 114 cm³/mol. The highest BCUT2D eigenvalue weighted by Gasteiger charge is 2.21. The molecule has 1 atom stereocenters. The Morgan fingerprint density at radius 3 is 2.64 bits per heavy atom. The monoisotopic (exact) mass is 461 g/mol. The molecule has 1 fully saturated rings. The minimum absolute atomic E-state index is 0. The maximum atomic E-state index is 5.72. The number of methoxy groups -OCH3 is 1. The summed E-state index contributed by atoms with van der Waals surface area (Å²) in [5, 5.41) is 3.34. The lowest BCUT2D eigenvalue weighted by Gasteiger charge is -2.23. The molecule has 0 amide bonds. The number of nitrogens with zero attached hydrogens (tertiary/aromatic N) is 2. The molecule has 0 saturated heterocycles. The van der Waals surface area contributed by atoms with Gasteiger partial charge < -0.3 is 19.7 Å². The lowest BCUT2D eigenvalue weighted by molar-refractivity contribution is 0.109. The number of nitrogens with one attached hydrogen (secondary N) is 1. The zero-order valence-electron chi connectivity index (χ0n) is 15.6. The van der Waals surface area contributed by atoms with E-state index in [9.17, 15) is 0 Å². The van der Waals surface area contributed by atoms with E-state index in [1.54, 1.807) is 7.11 Å². The van der Waals surface area contributed by atoms with Gasteiger partial charge in [0.05, 0.1) is 13.2 Å². The van der Waals surface area contributed by atoms with Crippen LogP contribution in [0, 0.1) is 5.92 Å². The number of likely N-dealkylation sites (N-methyl/N-ethyl adjacent to an activating group) is 1. The summed E-state index contributed by atoms with van der Waals surface area (Å²) in [6.07, 6.45) is 2.63. The van der Waals surface area contributed by atoms with E-state index in [0.29, 0.717) is 6.54 Å². The summed E-state index contributed by atoms with van der Waals surface area (Å²) in [5.74, 6) is 1.70. The van der Waals surface area contributed by atoms with E-state index in [1.807, 2.05) is 25.2 Å². The molecule has 1 aromatic rings. The topological polar surface area (TPSA) is 46.1 Å². The van der Waals surface area contributed by atoms with Crippen LogP contribution in [-0.2, 0) is 9.47 Å². The molecular weight excluding hydrogens is 429 g/mol. The molecule has 2 rings (SSSR count). The van der Waals surface area contributed by atoms with E-state index in [1.165, 1.54) is 12.8 Å². The summed E-state index contributed by atoms with van der Waals surface area (Å²) in [6.45, 7) is 6.00. The third-order valence-electron chi connectivity index (χ3n) is 4.18. The van der Waals surface area contributed by atoms with Crippen molar-refractivity contribution in [1.29, 1.82) is 0 Å². The molecule has 6 heteroatoms. The maximum Gasteiger partial charge on any atom is 0.193 e. The summed E-state index contributed by atoms with van der Waals surface area (Å²) in [4.78, 5) is 6.86. The molecule has 142 valence electrons. The van der Waals surface area contributed by atoms with Crippen molar-refractivity contribution < 1.29 is 9.47 Å². The van der Waals surface area contributed by atoms with Crippen LogP contribution >= 0.6 is 24.0 Å². The second-order valence-corrected chi connectivity index (χ2v) is 6.27. The molecule has 1 aliphatic rings. The van der Waals surface area contributed by atoms with E-state index in [2.05, 4.69) is 29.3 Å². The summed E-state index contributed by atoms with van der Waals surface area (Å²) < 4.78 is 11.3. The van der Waals surface area contributed by atoms with E-state index in [-0.39, 0.29) is 30.1 Å². The Labute approximate surface area is 169 Å². The summed E-state index contributed by atoms with van der Waals surface area (Å²) in [6, 6.07) is 10.2. The number of halogens is 1. The largest absolute Gasteiger partial charge is 0.379 e. The van der Waals surface area contributed by atoms with E-state index in [4.69, 9.17) is 14.5 Å². The average molecular weight is 461 g/mol. The first kappa shape index (κ1) is 22.2. The molecule has 0 bridgehead atoms. The van der Waals surface area contributed by atoms with Crippen molar-refractivity contribution in [2.24, 2.45) is 10.9 Å². The van der Waals surface area contributed by atoms with Crippen LogP contribution in [0.25, 0.3) is 0 Å². The van der Waals surface area contributed by atoms with Gasteiger partial charge in [0.1, 0.15) is 6.10 Å². The number of hydrogen-bond acceptors (Lipinski definition) is 3. The summed E-state index contributed by atoms with van der Waals surface area (Å²) >= 11 is 0. The minimum Gasteiger partial charge on any atom is -0.379 e. The summed E-state index contributed by atoms with van der Waals surface area (Å²) in [7, 11) is 3.78. The highest BCUT2D eigenvalue weighted by Crippen LogP contribution is 2.28. The molecule has 5 nitrogen and oxygen atoms in total. The maximum absolute atomic E-state index is 5.72. The molecular formula is C19H32IN3O2. The highest BCUT2D eigenvalue weighted by atomic mass is 127. The molecule has 1 saturated carbocycles. The third kappa shape index (κ3) is 8.37. The number of benzene rings is 1. The Kier molecular flexibility index (Phi) is 11.1. The van der Waals surface area contributed by atoms with Gasteiger partial charge in [0.2, 0.25) is 0 Å². The number of aliphatic imine (C=N–C) groups is 1. The van der Waals surface area contributed by atoms with Crippen LogP contribution in [-0.4, -0.2) is 57.9 Å². The Hall–Kier alpha value is -0.860. The molecule has 1 aromatic carbocycles. The van der Waals surface area contributed by atoms with Gasteiger partial charge in [-0.3, -0.25) is 4.99 Å². The highest BCUT2D eigenvalue weighted by molar-refractivity contribution is 14.0. The standard InChI is InChI=1S/C19H31N3O2.HI/c1-4-20-19(22(2)12-13-24-15-16-10-11-16)21-14-18(23-3)17-8-6-5-7-9-17;/h5-9,16,18H,4,10-15H2,1-3H3,(H,20,21);1H. The number of rotatable bonds is 10. The molecule has 1 N–H and O–H groups in total. The molecule has 0 aromatic heterocycles. The predicted octanol–water partition coefficient (Wildman–Crippen LogP) is 3.32.